The van der Waals surface area contributed by atoms with E-state index in [0.29, 0.717) is 32.2 Å². The van der Waals surface area contributed by atoms with E-state index in [0.717, 1.165) is 35.8 Å². The van der Waals surface area contributed by atoms with Crippen LogP contribution in [0.4, 0.5) is 5.82 Å². The van der Waals surface area contributed by atoms with E-state index in [1.807, 2.05) is 27.7 Å². The fourth-order valence-electron chi connectivity index (χ4n) is 3.14. The minimum absolute atomic E-state index is 0.554. The summed E-state index contributed by atoms with van der Waals surface area (Å²) >= 11 is 0. The van der Waals surface area contributed by atoms with Crippen molar-refractivity contribution < 1.29 is 14.2 Å². The number of ether oxygens (including phenoxy) is 3. The second kappa shape index (κ2) is 7.30. The number of imidazole rings is 1. The van der Waals surface area contributed by atoms with Gasteiger partial charge in [-0.2, -0.15) is 10.1 Å². The third-order valence-corrected chi connectivity index (χ3v) is 4.43. The molecule has 4 heterocycles. The highest BCUT2D eigenvalue weighted by molar-refractivity contribution is 5.75. The summed E-state index contributed by atoms with van der Waals surface area (Å²) < 4.78 is 20.0. The summed E-state index contributed by atoms with van der Waals surface area (Å²) in [6.45, 7) is 4.28. The first kappa shape index (κ1) is 16.8. The Kier molecular flexibility index (Phi) is 4.72. The van der Waals surface area contributed by atoms with E-state index in [2.05, 4.69) is 20.0 Å². The third kappa shape index (κ3) is 2.99. The van der Waals surface area contributed by atoms with E-state index in [1.165, 1.54) is 0 Å². The molecule has 0 aliphatic carbocycles. The number of nitrogens with zero attached hydrogens (tertiary/aromatic N) is 6. The molecule has 1 aliphatic heterocycles. The summed E-state index contributed by atoms with van der Waals surface area (Å²) in [6.07, 6.45) is 7.48. The Hall–Kier alpha value is -2.65. The van der Waals surface area contributed by atoms with Gasteiger partial charge in [-0.3, -0.25) is 9.08 Å². The summed E-state index contributed by atoms with van der Waals surface area (Å²) in [5.74, 6) is 1.39. The Morgan fingerprint density at radius 3 is 2.85 bits per heavy atom. The Bertz CT molecular complexity index is 884. The summed E-state index contributed by atoms with van der Waals surface area (Å²) in [5, 5.41) is 4.40. The van der Waals surface area contributed by atoms with Gasteiger partial charge in [0.05, 0.1) is 39.7 Å². The van der Waals surface area contributed by atoms with Gasteiger partial charge in [0.1, 0.15) is 5.69 Å². The standard InChI is InChI=1S/C17H22N6O3/c1-24-8-7-22-12-13(11-19-22)14-17(25-2)20-16-15(18-3-4-23(14)16)21-5-9-26-10-6-21/h3-4,11-12H,5-10H2,1-2H3. The maximum atomic E-state index is 5.55. The molecule has 3 aromatic heterocycles. The molecule has 1 aliphatic rings. The first-order chi connectivity index (χ1) is 12.8. The monoisotopic (exact) mass is 358 g/mol. The molecule has 138 valence electrons. The van der Waals surface area contributed by atoms with Gasteiger partial charge < -0.3 is 19.1 Å². The second-order valence-electron chi connectivity index (χ2n) is 6.00. The summed E-state index contributed by atoms with van der Waals surface area (Å²) in [7, 11) is 3.31. The van der Waals surface area contributed by atoms with Gasteiger partial charge in [0.25, 0.3) is 0 Å². The van der Waals surface area contributed by atoms with Crippen LogP contribution >= 0.6 is 0 Å². The molecular weight excluding hydrogens is 336 g/mol. The van der Waals surface area contributed by atoms with Gasteiger partial charge in [0.2, 0.25) is 5.88 Å². The maximum Gasteiger partial charge on any atom is 0.240 e. The van der Waals surface area contributed by atoms with Crippen LogP contribution in [0.25, 0.3) is 16.9 Å². The number of morpholine rings is 1. The van der Waals surface area contributed by atoms with Gasteiger partial charge in [0, 0.05) is 44.4 Å². The van der Waals surface area contributed by atoms with Gasteiger partial charge in [0.15, 0.2) is 11.5 Å². The van der Waals surface area contributed by atoms with Crippen molar-refractivity contribution in [1.29, 1.82) is 0 Å². The number of hydrogen-bond donors (Lipinski definition) is 0. The average Bonchev–Trinajstić information content (AvgIpc) is 3.30. The highest BCUT2D eigenvalue weighted by Gasteiger charge is 2.22. The quantitative estimate of drug-likeness (QED) is 0.652. The fourth-order valence-corrected chi connectivity index (χ4v) is 3.14. The van der Waals surface area contributed by atoms with Crippen molar-refractivity contribution in [3.8, 4) is 17.1 Å². The lowest BCUT2D eigenvalue weighted by molar-refractivity contribution is 0.122. The Morgan fingerprint density at radius 1 is 1.23 bits per heavy atom. The molecule has 9 heteroatoms. The predicted octanol–water partition coefficient (Wildman–Crippen LogP) is 1.08. The zero-order chi connectivity index (χ0) is 17.9. The molecule has 0 unspecified atom stereocenters. The number of hydrogen-bond acceptors (Lipinski definition) is 7. The van der Waals surface area contributed by atoms with Crippen molar-refractivity contribution in [2.45, 2.75) is 6.54 Å². The van der Waals surface area contributed by atoms with Crippen molar-refractivity contribution in [2.75, 3.05) is 52.0 Å². The van der Waals surface area contributed by atoms with Crippen LogP contribution in [-0.2, 0) is 16.0 Å². The molecule has 0 bridgehead atoms. The normalized spacial score (nSPS) is 14.9. The van der Waals surface area contributed by atoms with Gasteiger partial charge in [-0.05, 0) is 0 Å². The highest BCUT2D eigenvalue weighted by atomic mass is 16.5. The lowest BCUT2D eigenvalue weighted by Crippen LogP contribution is -2.37. The largest absolute Gasteiger partial charge is 0.479 e. The topological polar surface area (TPSA) is 78.9 Å². The van der Waals surface area contributed by atoms with E-state index >= 15 is 0 Å². The number of anilines is 1. The van der Waals surface area contributed by atoms with Crippen LogP contribution in [-0.4, -0.2) is 71.3 Å². The Morgan fingerprint density at radius 2 is 2.08 bits per heavy atom. The first-order valence-corrected chi connectivity index (χ1v) is 8.57. The van der Waals surface area contributed by atoms with E-state index in [-0.39, 0.29) is 0 Å². The summed E-state index contributed by atoms with van der Waals surface area (Å²) in [5.41, 5.74) is 2.57. The molecule has 0 saturated carbocycles. The lowest BCUT2D eigenvalue weighted by Gasteiger charge is -2.27. The predicted molar refractivity (Wildman–Crippen MR) is 95.7 cm³/mol. The minimum atomic E-state index is 0.554. The molecule has 0 atom stereocenters. The minimum Gasteiger partial charge on any atom is -0.479 e. The number of methoxy groups -OCH3 is 2. The van der Waals surface area contributed by atoms with Gasteiger partial charge in [-0.15, -0.1) is 0 Å². The van der Waals surface area contributed by atoms with Crippen molar-refractivity contribution in [1.82, 2.24) is 24.1 Å². The molecular formula is C17H22N6O3. The Balaban J connectivity index is 1.78. The molecule has 1 fully saturated rings. The van der Waals surface area contributed by atoms with E-state index in [1.54, 1.807) is 20.4 Å². The zero-order valence-electron chi connectivity index (χ0n) is 15.0. The molecule has 0 amide bonds. The Labute approximate surface area is 151 Å². The SMILES string of the molecule is COCCn1cc(-c2c(OC)nc3c(N4CCOCC4)nccn23)cn1. The van der Waals surface area contributed by atoms with Crippen LogP contribution in [0.2, 0.25) is 0 Å². The van der Waals surface area contributed by atoms with Crippen molar-refractivity contribution in [3.63, 3.8) is 0 Å². The number of fused-ring (bicyclic) bond motifs is 1. The van der Waals surface area contributed by atoms with E-state index in [9.17, 15) is 0 Å². The van der Waals surface area contributed by atoms with Crippen LogP contribution in [0.5, 0.6) is 5.88 Å². The van der Waals surface area contributed by atoms with E-state index in [4.69, 9.17) is 14.2 Å². The van der Waals surface area contributed by atoms with Crippen molar-refractivity contribution in [3.05, 3.63) is 24.8 Å². The molecule has 0 N–H and O–H groups in total. The van der Waals surface area contributed by atoms with E-state index < -0.39 is 0 Å². The molecule has 4 rings (SSSR count). The smallest absolute Gasteiger partial charge is 0.240 e. The van der Waals surface area contributed by atoms with Gasteiger partial charge in [-0.25, -0.2) is 4.98 Å². The molecule has 9 nitrogen and oxygen atoms in total. The zero-order valence-corrected chi connectivity index (χ0v) is 15.0. The lowest BCUT2D eigenvalue weighted by atomic mass is 10.2. The van der Waals surface area contributed by atoms with Gasteiger partial charge >= 0.3 is 0 Å². The van der Waals surface area contributed by atoms with Crippen LogP contribution in [0, 0.1) is 0 Å². The fraction of sp³-hybridized carbons (Fsp3) is 0.471. The van der Waals surface area contributed by atoms with Crippen LogP contribution in [0.15, 0.2) is 24.8 Å². The van der Waals surface area contributed by atoms with Crippen molar-refractivity contribution >= 4 is 11.5 Å². The highest BCUT2D eigenvalue weighted by Crippen LogP contribution is 2.33. The molecule has 0 spiro atoms. The average molecular weight is 358 g/mol. The molecule has 26 heavy (non-hydrogen) atoms. The molecule has 1 saturated heterocycles. The number of aromatic nitrogens is 5. The van der Waals surface area contributed by atoms with Crippen LogP contribution in [0.1, 0.15) is 0 Å². The summed E-state index contributed by atoms with van der Waals surface area (Å²) in [6, 6.07) is 0. The molecule has 0 radical (unpaired) electrons. The first-order valence-electron chi connectivity index (χ1n) is 8.57. The van der Waals surface area contributed by atoms with Gasteiger partial charge in [-0.1, -0.05) is 0 Å². The van der Waals surface area contributed by atoms with Crippen molar-refractivity contribution in [2.24, 2.45) is 0 Å². The number of rotatable bonds is 6. The molecule has 0 aromatic carbocycles. The summed E-state index contributed by atoms with van der Waals surface area (Å²) in [4.78, 5) is 11.4. The van der Waals surface area contributed by atoms with Crippen LogP contribution in [0.3, 0.4) is 0 Å². The third-order valence-electron chi connectivity index (χ3n) is 4.43. The maximum absolute atomic E-state index is 5.55. The molecule has 3 aromatic rings. The second-order valence-corrected chi connectivity index (χ2v) is 6.00. The van der Waals surface area contributed by atoms with Crippen LogP contribution < -0.4 is 9.64 Å².